The number of carbonyl (C=O) groups excluding carboxylic acids is 1. The average Bonchev–Trinajstić information content (AvgIpc) is 2.69. The number of carbonyl (C=O) groups is 1. The van der Waals surface area contributed by atoms with Gasteiger partial charge in [0.1, 0.15) is 0 Å². The van der Waals surface area contributed by atoms with E-state index in [1.54, 1.807) is 0 Å². The van der Waals surface area contributed by atoms with E-state index in [4.69, 9.17) is 0 Å². The number of hydrogen-bond acceptors (Lipinski definition) is 4. The molecule has 94 valence electrons. The second-order valence-electron chi connectivity index (χ2n) is 3.33. The number of halogens is 3. The number of nitro benzene ring substituents is 1. The highest BCUT2D eigenvalue weighted by Crippen LogP contribution is 2.27. The average molecular weight is 259 g/mol. The van der Waals surface area contributed by atoms with Crippen LogP contribution < -0.4 is 0 Å². The molecule has 0 saturated heterocycles. The minimum absolute atomic E-state index is 0.00648. The molecule has 0 unspecified atom stereocenters. The standard InChI is InChI=1S/C9H4F3N3O3/c10-9(11,12)8(16)14-7-5(4-13-14)2-1-3-6(7)15(17)18/h1-4H. The van der Waals surface area contributed by atoms with Gasteiger partial charge in [0, 0.05) is 11.5 Å². The fourth-order valence-electron chi connectivity index (χ4n) is 1.48. The molecule has 0 bridgehead atoms. The van der Waals surface area contributed by atoms with Gasteiger partial charge in [0.05, 0.1) is 11.1 Å². The molecule has 2 rings (SSSR count). The summed E-state index contributed by atoms with van der Waals surface area (Å²) >= 11 is 0. The molecule has 0 aliphatic rings. The largest absolute Gasteiger partial charge is 0.473 e. The third-order valence-electron chi connectivity index (χ3n) is 2.20. The number of benzene rings is 1. The van der Waals surface area contributed by atoms with Crippen molar-refractivity contribution in [2.75, 3.05) is 0 Å². The molecule has 0 N–H and O–H groups in total. The molecule has 2 aromatic rings. The molecule has 0 saturated carbocycles. The second kappa shape index (κ2) is 3.79. The summed E-state index contributed by atoms with van der Waals surface area (Å²) in [7, 11) is 0. The lowest BCUT2D eigenvalue weighted by Gasteiger charge is -2.05. The van der Waals surface area contributed by atoms with Gasteiger partial charge in [-0.25, -0.2) is 0 Å². The van der Waals surface area contributed by atoms with E-state index >= 15 is 0 Å². The summed E-state index contributed by atoms with van der Waals surface area (Å²) in [4.78, 5) is 20.9. The number of alkyl halides is 3. The smallest absolute Gasteiger partial charge is 0.262 e. The van der Waals surface area contributed by atoms with E-state index in [9.17, 15) is 28.1 Å². The molecule has 0 spiro atoms. The Balaban J connectivity index is 2.74. The van der Waals surface area contributed by atoms with Gasteiger partial charge in [-0.1, -0.05) is 12.1 Å². The molecule has 1 aromatic heterocycles. The minimum Gasteiger partial charge on any atom is -0.262 e. The molecule has 0 radical (unpaired) electrons. The predicted octanol–water partition coefficient (Wildman–Crippen LogP) is 2.15. The lowest BCUT2D eigenvalue weighted by molar-refractivity contribution is -0.383. The number of nitro groups is 1. The lowest BCUT2D eigenvalue weighted by atomic mass is 10.2. The summed E-state index contributed by atoms with van der Waals surface area (Å²) in [6, 6.07) is 3.63. The van der Waals surface area contributed by atoms with Crippen molar-refractivity contribution in [3.8, 4) is 0 Å². The first kappa shape index (κ1) is 12.0. The summed E-state index contributed by atoms with van der Waals surface area (Å²) < 4.78 is 36.9. The van der Waals surface area contributed by atoms with Crippen LogP contribution in [-0.4, -0.2) is 26.8 Å². The van der Waals surface area contributed by atoms with Crippen molar-refractivity contribution in [1.29, 1.82) is 0 Å². The summed E-state index contributed by atoms with van der Waals surface area (Å²) in [6.07, 6.45) is -4.19. The van der Waals surface area contributed by atoms with Crippen molar-refractivity contribution in [3.63, 3.8) is 0 Å². The number of non-ortho nitro benzene ring substituents is 1. The fourth-order valence-corrected chi connectivity index (χ4v) is 1.48. The fraction of sp³-hybridized carbons (Fsp3) is 0.111. The van der Waals surface area contributed by atoms with Gasteiger partial charge in [-0.15, -0.1) is 0 Å². The highest BCUT2D eigenvalue weighted by molar-refractivity contribution is 5.97. The summed E-state index contributed by atoms with van der Waals surface area (Å²) in [6.45, 7) is 0. The van der Waals surface area contributed by atoms with E-state index in [-0.39, 0.29) is 10.1 Å². The summed E-state index contributed by atoms with van der Waals surface area (Å²) in [5.41, 5.74) is -1.08. The van der Waals surface area contributed by atoms with Gasteiger partial charge in [0.25, 0.3) is 5.69 Å². The molecular formula is C9H4F3N3O3. The van der Waals surface area contributed by atoms with Crippen molar-refractivity contribution >= 4 is 22.5 Å². The van der Waals surface area contributed by atoms with E-state index < -0.39 is 28.2 Å². The Kier molecular flexibility index (Phi) is 2.53. The molecule has 0 aliphatic heterocycles. The van der Waals surface area contributed by atoms with Crippen LogP contribution in [0.1, 0.15) is 4.79 Å². The van der Waals surface area contributed by atoms with Crippen LogP contribution >= 0.6 is 0 Å². The number of hydrogen-bond donors (Lipinski definition) is 0. The molecule has 0 amide bonds. The van der Waals surface area contributed by atoms with Crippen molar-refractivity contribution < 1.29 is 22.9 Å². The van der Waals surface area contributed by atoms with Crippen LogP contribution in [0.25, 0.3) is 10.9 Å². The Morgan fingerprint density at radius 2 is 2.06 bits per heavy atom. The highest BCUT2D eigenvalue weighted by Gasteiger charge is 2.42. The monoisotopic (exact) mass is 259 g/mol. The van der Waals surface area contributed by atoms with Gasteiger partial charge >= 0.3 is 12.1 Å². The van der Waals surface area contributed by atoms with E-state index in [2.05, 4.69) is 5.10 Å². The van der Waals surface area contributed by atoms with E-state index in [0.717, 1.165) is 12.3 Å². The predicted molar refractivity (Wildman–Crippen MR) is 53.1 cm³/mol. The van der Waals surface area contributed by atoms with Crippen LogP contribution in [-0.2, 0) is 0 Å². The van der Waals surface area contributed by atoms with Crippen molar-refractivity contribution in [2.45, 2.75) is 6.18 Å². The van der Waals surface area contributed by atoms with Crippen molar-refractivity contribution in [2.24, 2.45) is 0 Å². The van der Waals surface area contributed by atoms with Gasteiger partial charge < -0.3 is 0 Å². The maximum Gasteiger partial charge on any atom is 0.473 e. The Morgan fingerprint density at radius 1 is 1.39 bits per heavy atom. The second-order valence-corrected chi connectivity index (χ2v) is 3.33. The minimum atomic E-state index is -5.15. The molecule has 0 fully saturated rings. The lowest BCUT2D eigenvalue weighted by Crippen LogP contribution is -2.29. The molecule has 1 aromatic carbocycles. The molecule has 6 nitrogen and oxygen atoms in total. The van der Waals surface area contributed by atoms with Gasteiger partial charge in [0.15, 0.2) is 5.52 Å². The Bertz CT molecular complexity index is 647. The van der Waals surface area contributed by atoms with E-state index in [1.165, 1.54) is 12.1 Å². The molecular weight excluding hydrogens is 255 g/mol. The molecule has 18 heavy (non-hydrogen) atoms. The van der Waals surface area contributed by atoms with Gasteiger partial charge in [-0.3, -0.25) is 14.9 Å². The third-order valence-corrected chi connectivity index (χ3v) is 2.20. The molecule has 9 heteroatoms. The number of rotatable bonds is 1. The van der Waals surface area contributed by atoms with Crippen LogP contribution in [0.5, 0.6) is 0 Å². The first-order valence-electron chi connectivity index (χ1n) is 4.55. The van der Waals surface area contributed by atoms with Crippen LogP contribution in [0.3, 0.4) is 0 Å². The number of fused-ring (bicyclic) bond motifs is 1. The van der Waals surface area contributed by atoms with Gasteiger partial charge in [-0.05, 0) is 0 Å². The Hall–Kier alpha value is -2.45. The van der Waals surface area contributed by atoms with Crippen molar-refractivity contribution in [1.82, 2.24) is 9.78 Å². The Labute approximate surface area is 96.8 Å². The zero-order chi connectivity index (χ0) is 13.5. The van der Waals surface area contributed by atoms with Crippen molar-refractivity contribution in [3.05, 3.63) is 34.5 Å². The Morgan fingerprint density at radius 3 is 2.61 bits per heavy atom. The summed E-state index contributed by atoms with van der Waals surface area (Å²) in [5.74, 6) is -2.27. The van der Waals surface area contributed by atoms with Crippen LogP contribution in [0.2, 0.25) is 0 Å². The number of para-hydroxylation sites is 1. The highest BCUT2D eigenvalue weighted by atomic mass is 19.4. The first-order chi connectivity index (χ1) is 8.32. The van der Waals surface area contributed by atoms with Gasteiger partial charge in [-0.2, -0.15) is 23.0 Å². The SMILES string of the molecule is O=C(n1ncc2cccc([N+](=O)[O-])c21)C(F)(F)F. The molecule has 0 atom stereocenters. The van der Waals surface area contributed by atoms with Crippen LogP contribution in [0.4, 0.5) is 18.9 Å². The topological polar surface area (TPSA) is 78.0 Å². The maximum absolute atomic E-state index is 12.3. The van der Waals surface area contributed by atoms with E-state index in [0.29, 0.717) is 0 Å². The van der Waals surface area contributed by atoms with Crippen LogP contribution in [0, 0.1) is 10.1 Å². The maximum atomic E-state index is 12.3. The van der Waals surface area contributed by atoms with E-state index in [1.807, 2.05) is 0 Å². The molecule has 1 heterocycles. The zero-order valence-electron chi connectivity index (χ0n) is 8.51. The summed E-state index contributed by atoms with van der Waals surface area (Å²) in [5, 5.41) is 14.0. The zero-order valence-corrected chi connectivity index (χ0v) is 8.51. The number of aromatic nitrogens is 2. The van der Waals surface area contributed by atoms with Gasteiger partial charge in [0.2, 0.25) is 0 Å². The molecule has 0 aliphatic carbocycles. The van der Waals surface area contributed by atoms with Crippen LogP contribution in [0.15, 0.2) is 24.4 Å². The quantitative estimate of drug-likeness (QED) is 0.580. The normalized spacial score (nSPS) is 11.7. The number of nitrogens with zero attached hydrogens (tertiary/aromatic N) is 3. The third kappa shape index (κ3) is 1.79. The first-order valence-corrected chi connectivity index (χ1v) is 4.55.